The predicted octanol–water partition coefficient (Wildman–Crippen LogP) is 3.99. The number of nitriles is 2. The molecule has 0 amide bonds. The average Bonchev–Trinajstić information content (AvgIpc) is 3.22. The molecule has 1 aliphatic heterocycles. The van der Waals surface area contributed by atoms with Crippen LogP contribution in [0, 0.1) is 22.7 Å². The SMILES string of the molecule is N#CC(C#N)=C(C=Cc1ccc2c(c1)OCO2)c1cccs1. The minimum Gasteiger partial charge on any atom is -0.454 e. The van der Waals surface area contributed by atoms with Gasteiger partial charge in [0.05, 0.1) is 0 Å². The highest BCUT2D eigenvalue weighted by Gasteiger charge is 2.12. The largest absolute Gasteiger partial charge is 0.454 e. The Labute approximate surface area is 131 Å². The fourth-order valence-corrected chi connectivity index (χ4v) is 2.82. The van der Waals surface area contributed by atoms with Gasteiger partial charge in [0, 0.05) is 10.5 Å². The second kappa shape index (κ2) is 6.17. The van der Waals surface area contributed by atoms with Crippen LogP contribution in [-0.4, -0.2) is 6.79 Å². The molecule has 106 valence electrons. The Morgan fingerprint density at radius 1 is 1.14 bits per heavy atom. The molecule has 0 fully saturated rings. The summed E-state index contributed by atoms with van der Waals surface area (Å²) in [6.45, 7) is 0.232. The van der Waals surface area contributed by atoms with Gasteiger partial charge in [0.25, 0.3) is 0 Å². The molecule has 4 nitrogen and oxygen atoms in total. The molecule has 1 aromatic carbocycles. The molecule has 1 aromatic heterocycles. The van der Waals surface area contributed by atoms with E-state index in [9.17, 15) is 0 Å². The topological polar surface area (TPSA) is 66.0 Å². The molecule has 2 heterocycles. The number of ether oxygens (including phenoxy) is 2. The Morgan fingerprint density at radius 2 is 1.95 bits per heavy atom. The molecule has 22 heavy (non-hydrogen) atoms. The molecule has 0 saturated carbocycles. The van der Waals surface area contributed by atoms with Gasteiger partial charge in [-0.3, -0.25) is 0 Å². The van der Waals surface area contributed by atoms with Crippen LogP contribution in [0.15, 0.2) is 47.4 Å². The Morgan fingerprint density at radius 3 is 2.68 bits per heavy atom. The first-order valence-corrected chi connectivity index (χ1v) is 7.36. The maximum Gasteiger partial charge on any atom is 0.231 e. The van der Waals surface area contributed by atoms with Crippen LogP contribution in [0.4, 0.5) is 0 Å². The number of fused-ring (bicyclic) bond motifs is 1. The van der Waals surface area contributed by atoms with Crippen LogP contribution in [-0.2, 0) is 0 Å². The second-order valence-corrected chi connectivity index (χ2v) is 5.38. The lowest BCUT2D eigenvalue weighted by Gasteiger charge is -2.00. The van der Waals surface area contributed by atoms with Crippen molar-refractivity contribution in [3.8, 4) is 23.6 Å². The van der Waals surface area contributed by atoms with Gasteiger partial charge in [-0.1, -0.05) is 24.3 Å². The first kappa shape index (κ1) is 13.9. The van der Waals surface area contributed by atoms with Crippen molar-refractivity contribution in [1.29, 1.82) is 10.5 Å². The molecule has 0 N–H and O–H groups in total. The summed E-state index contributed by atoms with van der Waals surface area (Å²) in [5.41, 5.74) is 1.63. The number of hydrogen-bond acceptors (Lipinski definition) is 5. The molecular weight excluding hydrogens is 296 g/mol. The molecular formula is C17H10N2O2S. The number of allylic oxidation sites excluding steroid dienone is 3. The molecule has 1 aliphatic rings. The standard InChI is InChI=1S/C17H10N2O2S/c18-9-13(10-19)14(17-2-1-7-22-17)5-3-12-4-6-15-16(8-12)21-11-20-15/h1-8H,11H2. The van der Waals surface area contributed by atoms with E-state index in [4.69, 9.17) is 20.0 Å². The summed E-state index contributed by atoms with van der Waals surface area (Å²) in [6.07, 6.45) is 3.64. The first-order chi connectivity index (χ1) is 10.8. The van der Waals surface area contributed by atoms with Crippen LogP contribution >= 0.6 is 11.3 Å². The number of benzene rings is 1. The van der Waals surface area contributed by atoms with E-state index in [1.165, 1.54) is 11.3 Å². The minimum absolute atomic E-state index is 0.0967. The normalized spacial score (nSPS) is 11.9. The van der Waals surface area contributed by atoms with Gasteiger partial charge in [-0.25, -0.2) is 0 Å². The maximum atomic E-state index is 9.12. The molecule has 0 spiro atoms. The van der Waals surface area contributed by atoms with Crippen molar-refractivity contribution in [3.05, 3.63) is 57.8 Å². The summed E-state index contributed by atoms with van der Waals surface area (Å²) in [4.78, 5) is 0.884. The Hall–Kier alpha value is -3.02. The highest BCUT2D eigenvalue weighted by atomic mass is 32.1. The number of rotatable bonds is 3. The van der Waals surface area contributed by atoms with Gasteiger partial charge in [0.1, 0.15) is 17.7 Å². The molecule has 2 aromatic rings. The van der Waals surface area contributed by atoms with Gasteiger partial charge in [0.15, 0.2) is 11.5 Å². The number of hydrogen-bond donors (Lipinski definition) is 0. The summed E-state index contributed by atoms with van der Waals surface area (Å²) in [5.74, 6) is 1.42. The van der Waals surface area contributed by atoms with Crippen LogP contribution < -0.4 is 9.47 Å². The van der Waals surface area contributed by atoms with Crippen molar-refractivity contribution in [2.24, 2.45) is 0 Å². The van der Waals surface area contributed by atoms with Gasteiger partial charge < -0.3 is 9.47 Å². The fraction of sp³-hybridized carbons (Fsp3) is 0.0588. The van der Waals surface area contributed by atoms with Gasteiger partial charge in [-0.2, -0.15) is 10.5 Å². The van der Waals surface area contributed by atoms with E-state index in [2.05, 4.69) is 0 Å². The van der Waals surface area contributed by atoms with Gasteiger partial charge in [0.2, 0.25) is 6.79 Å². The van der Waals surface area contributed by atoms with Gasteiger partial charge in [-0.05, 0) is 29.1 Å². The molecule has 3 rings (SSSR count). The Balaban J connectivity index is 1.96. The number of thiophene rings is 1. The van der Waals surface area contributed by atoms with Gasteiger partial charge >= 0.3 is 0 Å². The zero-order valence-electron chi connectivity index (χ0n) is 11.4. The lowest BCUT2D eigenvalue weighted by molar-refractivity contribution is 0.174. The third-order valence-corrected chi connectivity index (χ3v) is 4.02. The maximum absolute atomic E-state index is 9.12. The second-order valence-electron chi connectivity index (χ2n) is 4.44. The summed E-state index contributed by atoms with van der Waals surface area (Å²) < 4.78 is 10.6. The van der Waals surface area contributed by atoms with Crippen molar-refractivity contribution in [2.45, 2.75) is 0 Å². The summed E-state index contributed by atoms with van der Waals surface area (Å²) in [5, 5.41) is 20.2. The molecule has 0 bridgehead atoms. The fourth-order valence-electron chi connectivity index (χ4n) is 2.06. The van der Waals surface area contributed by atoms with Gasteiger partial charge in [-0.15, -0.1) is 11.3 Å². The molecule has 0 radical (unpaired) electrons. The van der Waals surface area contributed by atoms with Crippen LogP contribution in [0.1, 0.15) is 10.4 Å². The van der Waals surface area contributed by atoms with E-state index in [0.717, 1.165) is 16.2 Å². The Kier molecular flexibility index (Phi) is 3.91. The minimum atomic E-state index is 0.0967. The van der Waals surface area contributed by atoms with Crippen LogP contribution in [0.25, 0.3) is 11.6 Å². The quantitative estimate of drug-likeness (QED) is 0.635. The molecule has 0 unspecified atom stereocenters. The smallest absolute Gasteiger partial charge is 0.231 e. The Bertz CT molecular complexity index is 821. The lowest BCUT2D eigenvalue weighted by atomic mass is 10.1. The third-order valence-electron chi connectivity index (χ3n) is 3.12. The highest BCUT2D eigenvalue weighted by molar-refractivity contribution is 7.11. The van der Waals surface area contributed by atoms with Crippen molar-refractivity contribution < 1.29 is 9.47 Å². The molecule has 0 atom stereocenters. The summed E-state index contributed by atoms with van der Waals surface area (Å²) in [6, 6.07) is 13.3. The third kappa shape index (κ3) is 2.71. The molecule has 0 aliphatic carbocycles. The number of nitrogens with zero attached hydrogens (tertiary/aromatic N) is 2. The zero-order chi connectivity index (χ0) is 15.4. The average molecular weight is 306 g/mol. The van der Waals surface area contributed by atoms with Crippen LogP contribution in [0.2, 0.25) is 0 Å². The van der Waals surface area contributed by atoms with Crippen molar-refractivity contribution in [2.75, 3.05) is 6.79 Å². The first-order valence-electron chi connectivity index (χ1n) is 6.48. The zero-order valence-corrected chi connectivity index (χ0v) is 12.3. The van der Waals surface area contributed by atoms with E-state index in [1.54, 1.807) is 6.08 Å². The van der Waals surface area contributed by atoms with E-state index < -0.39 is 0 Å². The van der Waals surface area contributed by atoms with E-state index in [-0.39, 0.29) is 12.4 Å². The summed E-state index contributed by atoms with van der Waals surface area (Å²) >= 11 is 1.49. The highest BCUT2D eigenvalue weighted by Crippen LogP contribution is 2.33. The van der Waals surface area contributed by atoms with E-state index in [1.807, 2.05) is 53.9 Å². The van der Waals surface area contributed by atoms with Crippen LogP contribution in [0.5, 0.6) is 11.5 Å². The predicted molar refractivity (Wildman–Crippen MR) is 84.1 cm³/mol. The van der Waals surface area contributed by atoms with Crippen molar-refractivity contribution in [1.82, 2.24) is 0 Å². The van der Waals surface area contributed by atoms with E-state index >= 15 is 0 Å². The van der Waals surface area contributed by atoms with E-state index in [0.29, 0.717) is 11.3 Å². The molecule has 5 heteroatoms. The van der Waals surface area contributed by atoms with Crippen LogP contribution in [0.3, 0.4) is 0 Å². The van der Waals surface area contributed by atoms with Crippen molar-refractivity contribution in [3.63, 3.8) is 0 Å². The van der Waals surface area contributed by atoms with Crippen molar-refractivity contribution >= 4 is 23.0 Å². The molecule has 0 saturated heterocycles. The lowest BCUT2D eigenvalue weighted by Crippen LogP contribution is -1.92. The monoisotopic (exact) mass is 306 g/mol. The summed E-state index contributed by atoms with van der Waals surface area (Å²) in [7, 11) is 0.